The van der Waals surface area contributed by atoms with Gasteiger partial charge in [-0.15, -0.1) is 0 Å². The summed E-state index contributed by atoms with van der Waals surface area (Å²) in [5, 5.41) is 5.89. The number of nitrogens with zero attached hydrogens (tertiary/aromatic N) is 1. The minimum atomic E-state index is -3.08. The van der Waals surface area contributed by atoms with Crippen molar-refractivity contribution in [3.8, 4) is 5.75 Å². The van der Waals surface area contributed by atoms with E-state index in [9.17, 15) is 18.4 Å². The number of benzene rings is 1. The van der Waals surface area contributed by atoms with E-state index in [1.807, 2.05) is 0 Å². The summed E-state index contributed by atoms with van der Waals surface area (Å²) < 4.78 is 38.3. The van der Waals surface area contributed by atoms with Crippen LogP contribution in [0.15, 0.2) is 34.9 Å². The van der Waals surface area contributed by atoms with Gasteiger partial charge in [0, 0.05) is 6.07 Å². The number of esters is 1. The molecule has 23 heavy (non-hydrogen) atoms. The fourth-order valence-electron chi connectivity index (χ4n) is 1.64. The molecule has 2 rings (SSSR count). The number of para-hydroxylation sites is 1. The second-order valence-electron chi connectivity index (χ2n) is 4.33. The van der Waals surface area contributed by atoms with Crippen molar-refractivity contribution in [2.45, 2.75) is 13.5 Å². The Labute approximate surface area is 129 Å². The van der Waals surface area contributed by atoms with Gasteiger partial charge in [0.2, 0.25) is 5.88 Å². The van der Waals surface area contributed by atoms with E-state index < -0.39 is 25.1 Å². The van der Waals surface area contributed by atoms with Gasteiger partial charge in [0.1, 0.15) is 11.3 Å². The maximum absolute atomic E-state index is 12.3. The van der Waals surface area contributed by atoms with E-state index in [0.717, 1.165) is 0 Å². The molecular weight excluding hydrogens is 314 g/mol. The molecule has 0 aliphatic rings. The first-order valence-corrected chi connectivity index (χ1v) is 6.40. The van der Waals surface area contributed by atoms with Crippen LogP contribution < -0.4 is 10.1 Å². The molecule has 9 heteroatoms. The number of amides is 1. The molecule has 1 amide bonds. The van der Waals surface area contributed by atoms with Gasteiger partial charge in [-0.3, -0.25) is 10.1 Å². The van der Waals surface area contributed by atoms with E-state index >= 15 is 0 Å². The highest BCUT2D eigenvalue weighted by molar-refractivity contribution is 5.96. The maximum atomic E-state index is 12.3. The van der Waals surface area contributed by atoms with E-state index in [1.54, 1.807) is 6.92 Å². The quantitative estimate of drug-likeness (QED) is 0.820. The number of alkyl halides is 2. The largest absolute Gasteiger partial charge is 0.452 e. The number of aryl methyl sites for hydroxylation is 1. The smallest absolute Gasteiger partial charge is 0.387 e. The minimum Gasteiger partial charge on any atom is -0.452 e. The van der Waals surface area contributed by atoms with Gasteiger partial charge in [-0.1, -0.05) is 17.3 Å². The van der Waals surface area contributed by atoms with Crippen molar-refractivity contribution < 1.29 is 32.4 Å². The highest BCUT2D eigenvalue weighted by atomic mass is 19.3. The number of anilines is 1. The van der Waals surface area contributed by atoms with Crippen LogP contribution in [0.3, 0.4) is 0 Å². The SMILES string of the molecule is Cc1cc(NC(=O)COC(=O)c2ccccc2OC(F)F)on1. The highest BCUT2D eigenvalue weighted by Crippen LogP contribution is 2.21. The number of hydrogen-bond donors (Lipinski definition) is 1. The van der Waals surface area contributed by atoms with Crippen LogP contribution in [0.4, 0.5) is 14.7 Å². The van der Waals surface area contributed by atoms with Gasteiger partial charge in [0.15, 0.2) is 6.61 Å². The molecule has 0 bridgehead atoms. The summed E-state index contributed by atoms with van der Waals surface area (Å²) >= 11 is 0. The van der Waals surface area contributed by atoms with Gasteiger partial charge in [-0.05, 0) is 19.1 Å². The molecule has 0 saturated heterocycles. The predicted molar refractivity (Wildman–Crippen MR) is 73.2 cm³/mol. The number of hydrogen-bond acceptors (Lipinski definition) is 6. The summed E-state index contributed by atoms with van der Waals surface area (Å²) in [7, 11) is 0. The molecule has 0 unspecified atom stereocenters. The van der Waals surface area contributed by atoms with Gasteiger partial charge < -0.3 is 14.0 Å². The lowest BCUT2D eigenvalue weighted by Crippen LogP contribution is -2.21. The maximum Gasteiger partial charge on any atom is 0.387 e. The van der Waals surface area contributed by atoms with Gasteiger partial charge in [-0.25, -0.2) is 4.79 Å². The summed E-state index contributed by atoms with van der Waals surface area (Å²) in [6.07, 6.45) is 0. The Kier molecular flexibility index (Phi) is 5.23. The summed E-state index contributed by atoms with van der Waals surface area (Å²) in [5.74, 6) is -1.87. The normalized spacial score (nSPS) is 10.4. The lowest BCUT2D eigenvalue weighted by atomic mass is 10.2. The third-order valence-electron chi connectivity index (χ3n) is 2.55. The Balaban J connectivity index is 1.93. The monoisotopic (exact) mass is 326 g/mol. The average Bonchev–Trinajstić information content (AvgIpc) is 2.90. The molecular formula is C14H12F2N2O5. The van der Waals surface area contributed by atoms with Crippen molar-refractivity contribution in [2.24, 2.45) is 0 Å². The van der Waals surface area contributed by atoms with Gasteiger partial charge >= 0.3 is 12.6 Å². The summed E-state index contributed by atoms with van der Waals surface area (Å²) in [6.45, 7) is -2.04. The molecule has 0 atom stereocenters. The molecule has 1 N–H and O–H groups in total. The molecule has 7 nitrogen and oxygen atoms in total. The Hall–Kier alpha value is -2.97. The molecule has 2 aromatic rings. The molecule has 1 aromatic carbocycles. The first-order chi connectivity index (χ1) is 11.0. The third-order valence-corrected chi connectivity index (χ3v) is 2.55. The summed E-state index contributed by atoms with van der Waals surface area (Å²) in [4.78, 5) is 23.4. The number of aromatic nitrogens is 1. The van der Waals surface area contributed by atoms with Crippen molar-refractivity contribution in [2.75, 3.05) is 11.9 Å². The molecule has 0 fully saturated rings. The van der Waals surface area contributed by atoms with Crippen LogP contribution in [0, 0.1) is 6.92 Å². The number of carbonyl (C=O) groups is 2. The number of carbonyl (C=O) groups excluding carboxylic acids is 2. The number of rotatable bonds is 6. The highest BCUT2D eigenvalue weighted by Gasteiger charge is 2.18. The van der Waals surface area contributed by atoms with E-state index in [-0.39, 0.29) is 17.2 Å². The van der Waals surface area contributed by atoms with Crippen LogP contribution >= 0.6 is 0 Å². The standard InChI is InChI=1S/C14H12F2N2O5/c1-8-6-12(23-18-8)17-11(19)7-21-13(20)9-4-2-3-5-10(9)22-14(15)16/h2-6,14H,7H2,1H3,(H,17,19). The zero-order valence-corrected chi connectivity index (χ0v) is 11.9. The van der Waals surface area contributed by atoms with Crippen LogP contribution in [0.1, 0.15) is 16.1 Å². The fraction of sp³-hybridized carbons (Fsp3) is 0.214. The Morgan fingerprint density at radius 2 is 2.09 bits per heavy atom. The average molecular weight is 326 g/mol. The zero-order chi connectivity index (χ0) is 16.8. The lowest BCUT2D eigenvalue weighted by molar-refractivity contribution is -0.119. The van der Waals surface area contributed by atoms with Crippen LogP contribution in [0.2, 0.25) is 0 Å². The van der Waals surface area contributed by atoms with E-state index in [2.05, 4.69) is 15.2 Å². The van der Waals surface area contributed by atoms with Crippen molar-refractivity contribution in [3.05, 3.63) is 41.6 Å². The van der Waals surface area contributed by atoms with Crippen LogP contribution in [-0.4, -0.2) is 30.3 Å². The van der Waals surface area contributed by atoms with Crippen LogP contribution in [0.25, 0.3) is 0 Å². The van der Waals surface area contributed by atoms with Crippen molar-refractivity contribution in [3.63, 3.8) is 0 Å². The second kappa shape index (κ2) is 7.34. The molecule has 0 saturated carbocycles. The predicted octanol–water partition coefficient (Wildman–Crippen LogP) is 2.38. The number of halogens is 2. The van der Waals surface area contributed by atoms with Crippen molar-refractivity contribution in [1.29, 1.82) is 0 Å². The van der Waals surface area contributed by atoms with Gasteiger partial charge in [-0.2, -0.15) is 8.78 Å². The summed E-state index contributed by atoms with van der Waals surface area (Å²) in [5.41, 5.74) is 0.353. The first-order valence-electron chi connectivity index (χ1n) is 6.40. The molecule has 0 spiro atoms. The molecule has 1 aromatic heterocycles. The Morgan fingerprint density at radius 3 is 2.74 bits per heavy atom. The molecule has 122 valence electrons. The third kappa shape index (κ3) is 4.77. The van der Waals surface area contributed by atoms with Gasteiger partial charge in [0.05, 0.1) is 5.69 Å². The van der Waals surface area contributed by atoms with Crippen LogP contribution in [-0.2, 0) is 9.53 Å². The minimum absolute atomic E-state index is 0.102. The van der Waals surface area contributed by atoms with E-state index in [4.69, 9.17) is 9.26 Å². The fourth-order valence-corrected chi connectivity index (χ4v) is 1.64. The van der Waals surface area contributed by atoms with Gasteiger partial charge in [0.25, 0.3) is 5.91 Å². The number of ether oxygens (including phenoxy) is 2. The lowest BCUT2D eigenvalue weighted by Gasteiger charge is -2.10. The zero-order valence-electron chi connectivity index (χ0n) is 11.9. The van der Waals surface area contributed by atoms with Crippen LogP contribution in [0.5, 0.6) is 5.75 Å². The Bertz CT molecular complexity index is 702. The number of nitrogens with one attached hydrogen (secondary N) is 1. The summed E-state index contributed by atoms with van der Waals surface area (Å²) in [6, 6.07) is 6.79. The molecule has 1 heterocycles. The van der Waals surface area contributed by atoms with E-state index in [0.29, 0.717) is 5.69 Å². The molecule has 0 radical (unpaired) electrons. The second-order valence-corrected chi connectivity index (χ2v) is 4.33. The van der Waals surface area contributed by atoms with Crippen molar-refractivity contribution >= 4 is 17.8 Å². The van der Waals surface area contributed by atoms with Crippen molar-refractivity contribution in [1.82, 2.24) is 5.16 Å². The Morgan fingerprint density at radius 1 is 1.35 bits per heavy atom. The first kappa shape index (κ1) is 16.4. The van der Waals surface area contributed by atoms with E-state index in [1.165, 1.54) is 30.3 Å². The molecule has 0 aliphatic heterocycles. The topological polar surface area (TPSA) is 90.7 Å². The molecule has 0 aliphatic carbocycles.